The lowest BCUT2D eigenvalue weighted by Gasteiger charge is -2.30. The van der Waals surface area contributed by atoms with E-state index in [0.29, 0.717) is 18.6 Å². The lowest BCUT2D eigenvalue weighted by atomic mass is 9.82. The van der Waals surface area contributed by atoms with E-state index in [0.717, 1.165) is 119 Å². The molecule has 8 rings (SSSR count). The number of amides is 1. The molecule has 8 fully saturated rings. The van der Waals surface area contributed by atoms with Crippen LogP contribution in [0.4, 0.5) is 0 Å². The van der Waals surface area contributed by atoms with Gasteiger partial charge in [-0.15, -0.1) is 0 Å². The van der Waals surface area contributed by atoms with Gasteiger partial charge >= 0.3 is 0 Å². The zero-order valence-corrected chi connectivity index (χ0v) is 68.4. The van der Waals surface area contributed by atoms with Gasteiger partial charge in [-0.3, -0.25) is 24.4 Å². The maximum absolute atomic E-state index is 10.8. The summed E-state index contributed by atoms with van der Waals surface area (Å²) in [5, 5.41) is 9.53. The van der Waals surface area contributed by atoms with Gasteiger partial charge in [0.05, 0.1) is 19.8 Å². The van der Waals surface area contributed by atoms with Crippen LogP contribution in [0.2, 0.25) is 0 Å². The standard InChI is InChI=1S/C9H18.2C8H17N.C8H16O.C7H14N2O.C7H16N2.C7H15NO.C7H15NS.8C2H6/c1-8(2)9-6-4-3-5-7-9;1-7(2)8-4-3-5-9-6-8;1-8(2)9-6-4-3-5-7-9;1-7(2)8-4-3-5-9-6-8;1-6(2)9-4-3-8-7(10)5-9;1-7(2)9-5-3-8-4-6-9;2*1-7(2)8-3-5-9-6-4-8;8*1-2/h8-9H,3-7H2,1-2H3;7-9H,3-6H2,1-2H3;8H,3-7H2,1-2H3;7-8H,3-6H2,1-2H3;6H,3-5H2,1-2H3,(H,8,10);7-8H,3-6H2,1-2H3;2*7H,3-6H2,1-2H3;8*1-2H3. The average Bonchev–Trinajstić information content (AvgIpc) is 3.63. The van der Waals surface area contributed by atoms with E-state index in [1.165, 1.54) is 141 Å². The second-order valence-electron chi connectivity index (χ2n) is 24.7. The van der Waals surface area contributed by atoms with Crippen LogP contribution in [0.3, 0.4) is 0 Å². The molecule has 0 bridgehead atoms. The molecule has 0 aromatic carbocycles. The van der Waals surface area contributed by atoms with Crippen molar-refractivity contribution in [3.63, 3.8) is 0 Å². The number of hydrogen-bond acceptors (Lipinski definition) is 11. The van der Waals surface area contributed by atoms with Gasteiger partial charge in [-0.25, -0.2) is 0 Å². The zero-order valence-electron chi connectivity index (χ0n) is 67.6. The second kappa shape index (κ2) is 81.7. The summed E-state index contributed by atoms with van der Waals surface area (Å²) in [5.74, 6) is 8.26. The quantitative estimate of drug-likeness (QED) is 0.217. The van der Waals surface area contributed by atoms with E-state index in [-0.39, 0.29) is 5.91 Å². The van der Waals surface area contributed by atoms with Gasteiger partial charge < -0.3 is 30.3 Å². The first-order valence-electron chi connectivity index (χ1n) is 38.9. The summed E-state index contributed by atoms with van der Waals surface area (Å²) in [6.45, 7) is 89.1. The first-order chi connectivity index (χ1) is 42.8. The topological polar surface area (TPSA) is 87.8 Å². The van der Waals surface area contributed by atoms with Crippen molar-refractivity contribution in [2.24, 2.45) is 35.5 Å². The third kappa shape index (κ3) is 67.2. The summed E-state index contributed by atoms with van der Waals surface area (Å²) < 4.78 is 10.6. The van der Waals surface area contributed by atoms with Crippen molar-refractivity contribution in [3.8, 4) is 0 Å². The van der Waals surface area contributed by atoms with E-state index >= 15 is 0 Å². The van der Waals surface area contributed by atoms with Crippen LogP contribution in [-0.2, 0) is 14.3 Å². The SMILES string of the molecule is CC.CC.CC.CC.CC.CC.CC.CC.CC(C)C1CCCCC1.CC(C)C1CCCNC1.CC(C)C1CCCOC1.CC(C)N1CCCCC1.CC(C)N1CCNC(=O)C1.CC(C)N1CCNCC1.CC(C)N1CCOCC1.CC(C)N1CCSCC1. The summed E-state index contributed by atoms with van der Waals surface area (Å²) >= 11 is 2.07. The molecule has 8 aliphatic rings. The molecule has 12 heteroatoms. The number of thioether (sulfide) groups is 1. The number of piperidine rings is 2. The highest BCUT2D eigenvalue weighted by Crippen LogP contribution is 2.29. The van der Waals surface area contributed by atoms with Gasteiger partial charge in [0.25, 0.3) is 0 Å². The fourth-order valence-electron chi connectivity index (χ4n) is 10.5. The van der Waals surface area contributed by atoms with Gasteiger partial charge in [-0.05, 0) is 169 Å². The molecule has 1 aliphatic carbocycles. The van der Waals surface area contributed by atoms with E-state index in [9.17, 15) is 4.79 Å². The summed E-state index contributed by atoms with van der Waals surface area (Å²) in [7, 11) is 0. The second-order valence-corrected chi connectivity index (χ2v) is 25.9. The predicted octanol–water partition coefficient (Wildman–Crippen LogP) is 19.3. The van der Waals surface area contributed by atoms with Gasteiger partial charge in [0, 0.05) is 120 Å². The molecule has 7 heterocycles. The number of carbonyl (C=O) groups excluding carboxylic acids is 1. The summed E-state index contributed by atoms with van der Waals surface area (Å²) in [4.78, 5) is 23.0. The van der Waals surface area contributed by atoms with E-state index in [1.54, 1.807) is 0 Å². The van der Waals surface area contributed by atoms with Crippen molar-refractivity contribution in [2.45, 2.75) is 329 Å². The van der Waals surface area contributed by atoms with Crippen LogP contribution in [0.15, 0.2) is 0 Å². The lowest BCUT2D eigenvalue weighted by molar-refractivity contribution is -0.124. The molecule has 2 unspecified atom stereocenters. The van der Waals surface area contributed by atoms with Crippen molar-refractivity contribution in [1.29, 1.82) is 0 Å². The third-order valence-corrected chi connectivity index (χ3v) is 17.3. The number of likely N-dealkylation sites (tertiary alicyclic amines) is 1. The lowest BCUT2D eigenvalue weighted by Crippen LogP contribution is -2.50. The van der Waals surface area contributed by atoms with Crippen LogP contribution in [0, 0.1) is 35.5 Å². The molecular formula is C77H176N8O3S. The van der Waals surface area contributed by atoms with E-state index in [2.05, 4.69) is 163 Å². The highest BCUT2D eigenvalue weighted by atomic mass is 32.2. The Labute approximate surface area is 569 Å². The monoisotopic (exact) mass is 1290 g/mol. The van der Waals surface area contributed by atoms with Crippen molar-refractivity contribution in [3.05, 3.63) is 0 Å². The Hall–Kier alpha value is -0.540. The van der Waals surface area contributed by atoms with Crippen LogP contribution in [0.25, 0.3) is 0 Å². The minimum absolute atomic E-state index is 0.153. The summed E-state index contributed by atoms with van der Waals surface area (Å²) in [6.07, 6.45) is 17.2. The number of piperazine rings is 2. The molecule has 7 saturated heterocycles. The normalized spacial score (nSPS) is 20.4. The number of hydrogen-bond donors (Lipinski definition) is 3. The molecule has 548 valence electrons. The fraction of sp³-hybridized carbons (Fsp3) is 0.987. The molecule has 2 atom stereocenters. The molecule has 0 spiro atoms. The largest absolute Gasteiger partial charge is 0.381 e. The Balaban J connectivity index is -0.000000136. The van der Waals surface area contributed by atoms with Gasteiger partial charge in [-0.1, -0.05) is 191 Å². The fourth-order valence-corrected chi connectivity index (χ4v) is 11.4. The Kier molecular flexibility index (Phi) is 95.9. The number of ether oxygens (including phenoxy) is 2. The first-order valence-corrected chi connectivity index (χ1v) is 40.1. The number of carbonyl (C=O) groups is 1. The van der Waals surface area contributed by atoms with E-state index < -0.39 is 0 Å². The Morgan fingerprint density at radius 3 is 1.00 bits per heavy atom. The van der Waals surface area contributed by atoms with Gasteiger partial charge in [-0.2, -0.15) is 11.8 Å². The van der Waals surface area contributed by atoms with Crippen LogP contribution in [0.5, 0.6) is 0 Å². The van der Waals surface area contributed by atoms with Gasteiger partial charge in [0.2, 0.25) is 5.91 Å². The van der Waals surface area contributed by atoms with Crippen LogP contribution >= 0.6 is 11.8 Å². The minimum Gasteiger partial charge on any atom is -0.381 e. The molecule has 0 radical (unpaired) electrons. The molecule has 0 aromatic rings. The van der Waals surface area contributed by atoms with E-state index in [1.807, 2.05) is 111 Å². The highest BCUT2D eigenvalue weighted by molar-refractivity contribution is 7.99. The van der Waals surface area contributed by atoms with E-state index in [4.69, 9.17) is 9.47 Å². The zero-order chi connectivity index (χ0) is 70.4. The van der Waals surface area contributed by atoms with Crippen LogP contribution in [0.1, 0.15) is 299 Å². The molecule has 3 N–H and O–H groups in total. The minimum atomic E-state index is 0.153. The highest BCUT2D eigenvalue weighted by Gasteiger charge is 2.20. The number of nitrogens with zero attached hydrogens (tertiary/aromatic N) is 5. The van der Waals surface area contributed by atoms with Crippen LogP contribution < -0.4 is 16.0 Å². The van der Waals surface area contributed by atoms with Gasteiger partial charge in [0.15, 0.2) is 0 Å². The van der Waals surface area contributed by atoms with Crippen molar-refractivity contribution < 1.29 is 14.3 Å². The molecule has 1 saturated carbocycles. The predicted molar refractivity (Wildman–Crippen MR) is 412 cm³/mol. The molecule has 7 aliphatic heterocycles. The Morgan fingerprint density at radius 1 is 0.348 bits per heavy atom. The molecule has 11 nitrogen and oxygen atoms in total. The molecule has 0 aromatic heterocycles. The Bertz CT molecular complexity index is 1000. The van der Waals surface area contributed by atoms with Crippen molar-refractivity contribution >= 4 is 17.7 Å². The number of rotatable bonds is 8. The smallest absolute Gasteiger partial charge is 0.234 e. The average molecular weight is 1290 g/mol. The Morgan fingerprint density at radius 2 is 0.719 bits per heavy atom. The molecule has 1 amide bonds. The summed E-state index contributed by atoms with van der Waals surface area (Å²) in [5.41, 5.74) is 0. The van der Waals surface area contributed by atoms with Crippen molar-refractivity contribution in [1.82, 2.24) is 40.4 Å². The number of morpholine rings is 1. The molecular weight excluding hydrogens is 1120 g/mol. The maximum atomic E-state index is 10.8. The third-order valence-electron chi connectivity index (χ3n) is 16.4. The summed E-state index contributed by atoms with van der Waals surface area (Å²) in [6, 6.07) is 3.43. The van der Waals surface area contributed by atoms with Crippen LogP contribution in [-0.4, -0.2) is 197 Å². The molecule has 89 heavy (non-hydrogen) atoms. The van der Waals surface area contributed by atoms with Crippen molar-refractivity contribution in [2.75, 3.05) is 136 Å². The van der Waals surface area contributed by atoms with Gasteiger partial charge in [0.1, 0.15) is 0 Å². The maximum Gasteiger partial charge on any atom is 0.234 e. The number of nitrogens with one attached hydrogen (secondary N) is 3. The first kappa shape index (κ1) is 105.